The van der Waals surface area contributed by atoms with Crippen molar-refractivity contribution in [3.63, 3.8) is 0 Å². The largest absolute Gasteiger partial charge is 0.659 e. The van der Waals surface area contributed by atoms with Gasteiger partial charge in [0.25, 0.3) is 0 Å². The minimum absolute atomic E-state index is 0.765. The van der Waals surface area contributed by atoms with E-state index >= 15 is 0 Å². The van der Waals surface area contributed by atoms with Crippen molar-refractivity contribution in [1.82, 2.24) is 0 Å². The van der Waals surface area contributed by atoms with Gasteiger partial charge in [-0.3, -0.25) is 0 Å². The molecule has 0 aliphatic carbocycles. The van der Waals surface area contributed by atoms with Gasteiger partial charge in [-0.05, 0) is 38.9 Å². The van der Waals surface area contributed by atoms with E-state index in [1.807, 2.05) is 0 Å². The zero-order valence-corrected chi connectivity index (χ0v) is 27.2. The van der Waals surface area contributed by atoms with Gasteiger partial charge in [-0.2, -0.15) is 0 Å². The van der Waals surface area contributed by atoms with E-state index in [-0.39, 0.29) is 0 Å². The molecule has 0 amide bonds. The SMILES string of the molecule is C[O+]1CC(c2ccccc2)=C(c2ccc(-c3ccccc3)cc2)[B-]1(c1ccc(-c2ccccc2)cc1)c1ccc(-c2ccccc2)cc1. The van der Waals surface area contributed by atoms with Crippen LogP contribution in [-0.2, 0) is 4.28 Å². The summed E-state index contributed by atoms with van der Waals surface area (Å²) in [6.07, 6.45) is -1.60. The quantitative estimate of drug-likeness (QED) is 0.124. The van der Waals surface area contributed by atoms with E-state index in [2.05, 4.69) is 206 Å². The fraction of sp³-hybridized carbons (Fsp3) is 0.0435. The molecule has 1 aliphatic rings. The van der Waals surface area contributed by atoms with Crippen molar-refractivity contribution in [3.05, 3.63) is 205 Å². The van der Waals surface area contributed by atoms with Gasteiger partial charge in [-0.15, -0.1) is 10.9 Å². The van der Waals surface area contributed by atoms with Gasteiger partial charge in [0.1, 0.15) is 6.61 Å². The van der Waals surface area contributed by atoms with Crippen LogP contribution in [0.5, 0.6) is 0 Å². The second kappa shape index (κ2) is 12.8. The Kier molecular flexibility index (Phi) is 7.94. The van der Waals surface area contributed by atoms with Gasteiger partial charge in [-0.1, -0.05) is 205 Å². The predicted octanol–water partition coefficient (Wildman–Crippen LogP) is 10.1. The lowest BCUT2D eigenvalue weighted by atomic mass is 9.27. The molecule has 0 saturated heterocycles. The Morgan fingerprint density at radius 1 is 0.333 bits per heavy atom. The number of hydrogen-bond donors (Lipinski definition) is 0. The van der Waals surface area contributed by atoms with Crippen molar-refractivity contribution in [2.24, 2.45) is 0 Å². The van der Waals surface area contributed by atoms with Crippen molar-refractivity contribution < 1.29 is 4.28 Å². The van der Waals surface area contributed by atoms with Crippen LogP contribution in [0.25, 0.3) is 44.4 Å². The monoisotopic (exact) mass is 616 g/mol. The smallest absolute Gasteiger partial charge is 0.378 e. The summed E-state index contributed by atoms with van der Waals surface area (Å²) in [7, 11) is 2.23. The first kappa shape index (κ1) is 29.7. The third-order valence-corrected chi connectivity index (χ3v) is 10.1. The zero-order valence-electron chi connectivity index (χ0n) is 27.2. The summed E-state index contributed by atoms with van der Waals surface area (Å²) in [5.74, 6) is 0. The molecule has 0 radical (unpaired) electrons. The summed E-state index contributed by atoms with van der Waals surface area (Å²) in [5, 5.41) is 0. The first-order valence-electron chi connectivity index (χ1n) is 16.8. The second-order valence-corrected chi connectivity index (χ2v) is 12.8. The van der Waals surface area contributed by atoms with Crippen LogP contribution in [0.15, 0.2) is 194 Å². The molecule has 7 aromatic rings. The topological polar surface area (TPSA) is 2.70 Å². The van der Waals surface area contributed by atoms with Gasteiger partial charge in [0, 0.05) is 5.57 Å². The van der Waals surface area contributed by atoms with E-state index in [1.54, 1.807) is 0 Å². The van der Waals surface area contributed by atoms with Crippen molar-refractivity contribution in [2.45, 2.75) is 0 Å². The maximum atomic E-state index is 3.72. The Bertz CT molecular complexity index is 2070. The molecular weight excluding hydrogens is 579 g/mol. The van der Waals surface area contributed by atoms with E-state index in [1.165, 1.54) is 66.5 Å². The van der Waals surface area contributed by atoms with E-state index in [0.717, 1.165) is 6.61 Å². The lowest BCUT2D eigenvalue weighted by Crippen LogP contribution is -2.64. The maximum Gasteiger partial charge on any atom is 0.378 e. The third-order valence-electron chi connectivity index (χ3n) is 10.1. The summed E-state index contributed by atoms with van der Waals surface area (Å²) < 4.78 is 3.72. The number of rotatable bonds is 7. The summed E-state index contributed by atoms with van der Waals surface area (Å²) in [6.45, 7) is 0.765. The summed E-state index contributed by atoms with van der Waals surface area (Å²) >= 11 is 0. The van der Waals surface area contributed by atoms with E-state index < -0.39 is 6.35 Å². The van der Waals surface area contributed by atoms with Crippen LogP contribution < -0.4 is 10.9 Å². The van der Waals surface area contributed by atoms with Crippen molar-refractivity contribution in [1.29, 1.82) is 0 Å². The van der Waals surface area contributed by atoms with Crippen LogP contribution in [0.3, 0.4) is 0 Å². The second-order valence-electron chi connectivity index (χ2n) is 12.8. The minimum atomic E-state index is -1.60. The number of hydrogen-bond acceptors (Lipinski definition) is 0. The molecule has 8 rings (SSSR count). The summed E-state index contributed by atoms with van der Waals surface area (Å²) in [4.78, 5) is 0. The zero-order chi connectivity index (χ0) is 32.3. The molecule has 7 aromatic carbocycles. The van der Waals surface area contributed by atoms with Crippen molar-refractivity contribution in [3.8, 4) is 33.4 Å². The lowest BCUT2D eigenvalue weighted by molar-refractivity contribution is 0.0930. The Labute approximate surface area is 284 Å². The normalized spacial score (nSPS) is 14.3. The third kappa shape index (κ3) is 5.31. The average molecular weight is 617 g/mol. The Morgan fingerprint density at radius 2 is 0.625 bits per heavy atom. The highest BCUT2D eigenvalue weighted by Gasteiger charge is 2.51. The molecule has 0 saturated carbocycles. The highest BCUT2D eigenvalue weighted by Crippen LogP contribution is 2.44. The highest BCUT2D eigenvalue weighted by atomic mass is 16.6. The molecule has 1 heterocycles. The van der Waals surface area contributed by atoms with E-state index in [4.69, 9.17) is 0 Å². The minimum Gasteiger partial charge on any atom is -0.659 e. The Morgan fingerprint density at radius 3 is 1.00 bits per heavy atom. The molecule has 0 fully saturated rings. The van der Waals surface area contributed by atoms with Crippen LogP contribution in [-0.4, -0.2) is 20.1 Å². The van der Waals surface area contributed by atoms with Crippen LogP contribution in [0.2, 0.25) is 0 Å². The van der Waals surface area contributed by atoms with Gasteiger partial charge < -0.3 is 4.28 Å². The first-order valence-corrected chi connectivity index (χ1v) is 16.8. The van der Waals surface area contributed by atoms with Crippen molar-refractivity contribution >= 4 is 28.3 Å². The molecule has 0 unspecified atom stereocenters. The molecular formula is C46H37BO. The average Bonchev–Trinajstić information content (AvgIpc) is 3.49. The molecule has 0 aromatic heterocycles. The summed E-state index contributed by atoms with van der Waals surface area (Å²) in [5.41, 5.74) is 15.1. The van der Waals surface area contributed by atoms with E-state index in [9.17, 15) is 0 Å². The summed E-state index contributed by atoms with van der Waals surface area (Å²) in [6, 6.07) is 70.6. The molecule has 1 aliphatic heterocycles. The molecule has 0 N–H and O–H groups in total. The standard InChI is InChI=1S/C46H37BO/c1-48-34-45(41-20-12-5-13-21-41)46(42-24-22-38(23-25-42)35-14-6-2-7-15-35)47(48,43-30-26-39(27-31-43)36-16-8-3-9-17-36)44-32-28-40(29-33-44)37-18-10-4-11-19-37/h2-33H,34H2,1H3. The molecule has 1 nitrogen and oxygen atoms in total. The predicted molar refractivity (Wildman–Crippen MR) is 206 cm³/mol. The molecule has 2 heteroatoms. The highest BCUT2D eigenvalue weighted by molar-refractivity contribution is 7.13. The molecule has 230 valence electrons. The van der Waals surface area contributed by atoms with Gasteiger partial charge in [-0.25, -0.2) is 0 Å². The molecule has 0 atom stereocenters. The van der Waals surface area contributed by atoms with E-state index in [0.29, 0.717) is 0 Å². The van der Waals surface area contributed by atoms with Crippen LogP contribution in [0, 0.1) is 0 Å². The first-order chi connectivity index (χ1) is 23.7. The fourth-order valence-corrected chi connectivity index (χ4v) is 7.78. The van der Waals surface area contributed by atoms with Gasteiger partial charge in [0.05, 0.1) is 7.11 Å². The lowest BCUT2D eigenvalue weighted by Gasteiger charge is -2.43. The van der Waals surface area contributed by atoms with Crippen LogP contribution >= 0.6 is 0 Å². The molecule has 0 spiro atoms. The Balaban J connectivity index is 1.36. The molecule has 0 bridgehead atoms. The van der Waals surface area contributed by atoms with Crippen LogP contribution in [0.4, 0.5) is 0 Å². The Hall–Kier alpha value is -5.70. The van der Waals surface area contributed by atoms with Gasteiger partial charge >= 0.3 is 6.35 Å². The van der Waals surface area contributed by atoms with Crippen molar-refractivity contribution in [2.75, 3.05) is 13.7 Å². The van der Waals surface area contributed by atoms with Gasteiger partial charge in [0.15, 0.2) is 0 Å². The van der Waals surface area contributed by atoms with Crippen LogP contribution in [0.1, 0.15) is 11.1 Å². The molecule has 48 heavy (non-hydrogen) atoms. The van der Waals surface area contributed by atoms with Gasteiger partial charge in [0.2, 0.25) is 0 Å². The fourth-order valence-electron chi connectivity index (χ4n) is 7.78. The number of benzene rings is 7. The maximum absolute atomic E-state index is 3.72.